The second kappa shape index (κ2) is 8.95. The van der Waals surface area contributed by atoms with Gasteiger partial charge in [0.1, 0.15) is 0 Å². The average Bonchev–Trinajstić information content (AvgIpc) is 3.18. The van der Waals surface area contributed by atoms with Crippen LogP contribution in [-0.4, -0.2) is 21.5 Å². The number of nitrogens with zero attached hydrogens (tertiary/aromatic N) is 2. The van der Waals surface area contributed by atoms with Crippen LogP contribution >= 0.6 is 23.1 Å². The Kier molecular flexibility index (Phi) is 6.38. The number of aryl methyl sites for hydroxylation is 2. The number of nitrogens with one attached hydrogen (secondary N) is 1. The number of hydrogen-bond acceptors (Lipinski definition) is 6. The number of rotatable bonds is 6. The molecule has 6 nitrogen and oxygen atoms in total. The van der Waals surface area contributed by atoms with E-state index < -0.39 is 18.0 Å². The molecule has 0 fully saturated rings. The quantitative estimate of drug-likeness (QED) is 0.595. The Morgan fingerprint density at radius 3 is 2.64 bits per heavy atom. The van der Waals surface area contributed by atoms with Gasteiger partial charge in [0.05, 0.1) is 5.69 Å². The molecule has 3 rings (SSSR count). The first-order valence-corrected chi connectivity index (χ1v) is 9.79. The van der Waals surface area contributed by atoms with Crippen molar-refractivity contribution < 1.29 is 14.3 Å². The van der Waals surface area contributed by atoms with E-state index in [1.54, 1.807) is 42.5 Å². The van der Waals surface area contributed by atoms with Crippen molar-refractivity contribution in [2.75, 3.05) is 5.32 Å². The largest absolute Gasteiger partial charge is 0.443 e. The van der Waals surface area contributed by atoms with E-state index in [-0.39, 0.29) is 0 Å². The minimum Gasteiger partial charge on any atom is -0.443 e. The van der Waals surface area contributed by atoms with E-state index in [9.17, 15) is 9.59 Å². The molecule has 2 aromatic carbocycles. The maximum atomic E-state index is 12.9. The number of aromatic nitrogens is 2. The van der Waals surface area contributed by atoms with Gasteiger partial charge >= 0.3 is 5.97 Å². The van der Waals surface area contributed by atoms with Crippen LogP contribution in [0.25, 0.3) is 0 Å². The average molecular weight is 416 g/mol. The number of esters is 1. The Morgan fingerprint density at radius 1 is 1.21 bits per heavy atom. The fourth-order valence-corrected chi connectivity index (χ4v) is 3.35. The number of halogens is 1. The van der Waals surface area contributed by atoms with Crippen LogP contribution in [0.3, 0.4) is 0 Å². The molecule has 1 amide bonds. The van der Waals surface area contributed by atoms with E-state index >= 15 is 0 Å². The van der Waals surface area contributed by atoms with Crippen molar-refractivity contribution in [1.29, 1.82) is 0 Å². The molecule has 3 aromatic rings. The van der Waals surface area contributed by atoms with Crippen molar-refractivity contribution in [3.05, 3.63) is 75.3 Å². The first kappa shape index (κ1) is 20.0. The summed E-state index contributed by atoms with van der Waals surface area (Å²) in [4.78, 5) is 25.8. The third kappa shape index (κ3) is 4.55. The van der Waals surface area contributed by atoms with Crippen molar-refractivity contribution in [3.8, 4) is 0 Å². The summed E-state index contributed by atoms with van der Waals surface area (Å²) in [5.74, 6) is -1.10. The maximum absolute atomic E-state index is 12.9. The fraction of sp³-hybridized carbons (Fsp3) is 0.200. The van der Waals surface area contributed by atoms with Crippen molar-refractivity contribution >= 4 is 40.7 Å². The van der Waals surface area contributed by atoms with Gasteiger partial charge in [0.2, 0.25) is 6.10 Å². The van der Waals surface area contributed by atoms with Crippen LogP contribution in [0.2, 0.25) is 5.02 Å². The van der Waals surface area contributed by atoms with Crippen molar-refractivity contribution in [2.45, 2.75) is 26.4 Å². The highest BCUT2D eigenvalue weighted by molar-refractivity contribution is 7.07. The molecule has 144 valence electrons. The van der Waals surface area contributed by atoms with E-state index in [4.69, 9.17) is 16.3 Å². The summed E-state index contributed by atoms with van der Waals surface area (Å²) in [5, 5.41) is 7.21. The van der Waals surface area contributed by atoms with Crippen LogP contribution < -0.4 is 5.32 Å². The van der Waals surface area contributed by atoms with E-state index in [1.807, 2.05) is 19.9 Å². The normalized spacial score (nSPS) is 11.7. The zero-order valence-corrected chi connectivity index (χ0v) is 16.9. The lowest BCUT2D eigenvalue weighted by Crippen LogP contribution is -2.26. The molecule has 28 heavy (non-hydrogen) atoms. The van der Waals surface area contributed by atoms with E-state index in [2.05, 4.69) is 14.9 Å². The molecule has 0 radical (unpaired) electrons. The van der Waals surface area contributed by atoms with Crippen molar-refractivity contribution in [3.63, 3.8) is 0 Å². The summed E-state index contributed by atoms with van der Waals surface area (Å²) >= 11 is 7.08. The lowest BCUT2D eigenvalue weighted by atomic mass is 10.1. The van der Waals surface area contributed by atoms with Gasteiger partial charge < -0.3 is 10.1 Å². The van der Waals surface area contributed by atoms with Gasteiger partial charge in [-0.1, -0.05) is 59.4 Å². The Bertz CT molecular complexity index is 991. The lowest BCUT2D eigenvalue weighted by Gasteiger charge is -2.18. The zero-order chi connectivity index (χ0) is 20.1. The Hall–Kier alpha value is -2.77. The number of carbonyl (C=O) groups excluding carboxylic acids is 2. The van der Waals surface area contributed by atoms with Gasteiger partial charge in [-0.25, -0.2) is 4.79 Å². The monoisotopic (exact) mass is 415 g/mol. The summed E-state index contributed by atoms with van der Waals surface area (Å²) in [6, 6.07) is 14.0. The number of benzene rings is 2. The fourth-order valence-electron chi connectivity index (χ4n) is 2.53. The third-order valence-electron chi connectivity index (χ3n) is 4.08. The second-order valence-electron chi connectivity index (χ2n) is 6.05. The molecule has 0 aliphatic heterocycles. The molecule has 1 aromatic heterocycles. The van der Waals surface area contributed by atoms with Crippen LogP contribution in [0.5, 0.6) is 0 Å². The molecule has 1 N–H and O–H groups in total. The smallest absolute Gasteiger partial charge is 0.353 e. The number of hydrogen-bond donors (Lipinski definition) is 1. The number of ether oxygens (including phenoxy) is 1. The lowest BCUT2D eigenvalue weighted by molar-refractivity contribution is -0.125. The van der Waals surface area contributed by atoms with Gasteiger partial charge in [-0.3, -0.25) is 4.79 Å². The molecule has 0 saturated heterocycles. The topological polar surface area (TPSA) is 81.2 Å². The third-order valence-corrected chi connectivity index (χ3v) is 5.24. The number of carbonyl (C=O) groups is 2. The van der Waals surface area contributed by atoms with Crippen LogP contribution in [0.15, 0.2) is 48.5 Å². The Balaban J connectivity index is 1.85. The minimum atomic E-state index is -1.12. The Labute approximate surface area is 171 Å². The summed E-state index contributed by atoms with van der Waals surface area (Å²) in [7, 11) is 0. The van der Waals surface area contributed by atoms with Gasteiger partial charge in [0.25, 0.3) is 5.91 Å². The highest BCUT2D eigenvalue weighted by atomic mass is 35.5. The van der Waals surface area contributed by atoms with Gasteiger partial charge in [0.15, 0.2) is 4.88 Å². The van der Waals surface area contributed by atoms with Gasteiger partial charge in [-0.2, -0.15) is 0 Å². The summed E-state index contributed by atoms with van der Waals surface area (Å²) < 4.78 is 9.36. The highest BCUT2D eigenvalue weighted by Crippen LogP contribution is 2.25. The standard InChI is InChI=1S/C20H18ClN3O3S/c1-3-16-18(28-24-23-16)20(26)27-17(13-7-5-4-6-8-13)19(25)22-14-10-9-12(2)15(21)11-14/h4-11,17H,3H2,1-2H3,(H,22,25)/t17-/m0/s1. The van der Waals surface area contributed by atoms with E-state index in [1.165, 1.54) is 0 Å². The molecular formula is C20H18ClN3O3S. The summed E-state index contributed by atoms with van der Waals surface area (Å²) in [6.45, 7) is 3.74. The van der Waals surface area contributed by atoms with E-state index in [0.717, 1.165) is 17.1 Å². The molecule has 0 saturated carbocycles. The molecule has 1 heterocycles. The van der Waals surface area contributed by atoms with Crippen LogP contribution in [0.1, 0.15) is 39.5 Å². The van der Waals surface area contributed by atoms with Crippen LogP contribution in [0, 0.1) is 6.92 Å². The molecule has 0 bridgehead atoms. The first-order valence-electron chi connectivity index (χ1n) is 8.63. The van der Waals surface area contributed by atoms with Gasteiger partial charge in [0, 0.05) is 16.3 Å². The SMILES string of the molecule is CCc1nnsc1C(=O)O[C@H](C(=O)Nc1ccc(C)c(Cl)c1)c1ccccc1. The molecule has 0 spiro atoms. The highest BCUT2D eigenvalue weighted by Gasteiger charge is 2.28. The predicted octanol–water partition coefficient (Wildman–Crippen LogP) is 4.60. The molecule has 8 heteroatoms. The van der Waals surface area contributed by atoms with Crippen molar-refractivity contribution in [1.82, 2.24) is 9.59 Å². The zero-order valence-electron chi connectivity index (χ0n) is 15.3. The maximum Gasteiger partial charge on any atom is 0.353 e. The Morgan fingerprint density at radius 2 is 1.96 bits per heavy atom. The van der Waals surface area contributed by atoms with Gasteiger partial charge in [-0.15, -0.1) is 5.10 Å². The van der Waals surface area contributed by atoms with E-state index in [0.29, 0.717) is 33.3 Å². The number of anilines is 1. The molecule has 0 aliphatic rings. The molecule has 1 atom stereocenters. The summed E-state index contributed by atoms with van der Waals surface area (Å²) in [5.41, 5.74) is 2.52. The van der Waals surface area contributed by atoms with Crippen LogP contribution in [0.4, 0.5) is 5.69 Å². The van der Waals surface area contributed by atoms with Crippen LogP contribution in [-0.2, 0) is 16.0 Å². The van der Waals surface area contributed by atoms with Gasteiger partial charge in [-0.05, 0) is 42.6 Å². The molecule has 0 aliphatic carbocycles. The summed E-state index contributed by atoms with van der Waals surface area (Å²) in [6.07, 6.45) is -0.578. The minimum absolute atomic E-state index is 0.301. The van der Waals surface area contributed by atoms with Crippen molar-refractivity contribution in [2.24, 2.45) is 0 Å². The predicted molar refractivity (Wildman–Crippen MR) is 109 cm³/mol. The molecular weight excluding hydrogens is 398 g/mol. The molecule has 0 unspecified atom stereocenters. The first-order chi connectivity index (χ1) is 13.5. The second-order valence-corrected chi connectivity index (χ2v) is 7.21. The number of amides is 1.